The Bertz CT molecular complexity index is 485. The van der Waals surface area contributed by atoms with Crippen LogP contribution in [0.15, 0.2) is 22.5 Å². The van der Waals surface area contributed by atoms with Crippen molar-refractivity contribution in [1.82, 2.24) is 10.2 Å². The summed E-state index contributed by atoms with van der Waals surface area (Å²) in [7, 11) is 0. The summed E-state index contributed by atoms with van der Waals surface area (Å²) in [6, 6.07) is 5.13. The Hall–Kier alpha value is -0.380. The topological polar surface area (TPSA) is 62.9 Å². The number of halogens is 1. The van der Waals surface area contributed by atoms with Gasteiger partial charge in [-0.2, -0.15) is 0 Å². The van der Waals surface area contributed by atoms with Crippen LogP contribution in [0, 0.1) is 0 Å². The summed E-state index contributed by atoms with van der Waals surface area (Å²) in [5.41, 5.74) is 6.13. The lowest BCUT2D eigenvalue weighted by Gasteiger charge is -2.33. The zero-order chi connectivity index (χ0) is 15.9. The molecule has 24 heavy (non-hydrogen) atoms. The first-order valence-corrected chi connectivity index (χ1v) is 9.62. The Morgan fingerprint density at radius 1 is 1.33 bits per heavy atom. The molecule has 1 unspecified atom stereocenters. The van der Waals surface area contributed by atoms with Gasteiger partial charge in [0.15, 0.2) is 5.96 Å². The first kappa shape index (κ1) is 19.9. The van der Waals surface area contributed by atoms with Gasteiger partial charge in [0.05, 0.1) is 25.8 Å². The third-order valence-electron chi connectivity index (χ3n) is 4.75. The minimum absolute atomic E-state index is 0. The zero-order valence-electron chi connectivity index (χ0n) is 14.2. The van der Waals surface area contributed by atoms with Crippen LogP contribution >= 0.6 is 35.3 Å². The smallest absolute Gasteiger partial charge is 0.188 e. The predicted molar refractivity (Wildman–Crippen MR) is 111 cm³/mol. The third-order valence-corrected chi connectivity index (χ3v) is 5.72. The summed E-state index contributed by atoms with van der Waals surface area (Å²) < 4.78 is 5.48. The average Bonchev–Trinajstić information content (AvgIpc) is 3.11. The Labute approximate surface area is 166 Å². The van der Waals surface area contributed by atoms with Crippen molar-refractivity contribution in [3.63, 3.8) is 0 Å². The molecule has 3 rings (SSSR count). The van der Waals surface area contributed by atoms with Gasteiger partial charge in [-0.1, -0.05) is 25.3 Å². The van der Waals surface area contributed by atoms with Gasteiger partial charge in [0.2, 0.25) is 0 Å². The highest BCUT2D eigenvalue weighted by Gasteiger charge is 2.23. The summed E-state index contributed by atoms with van der Waals surface area (Å²) in [5, 5.41) is 5.55. The van der Waals surface area contributed by atoms with Crippen molar-refractivity contribution >= 4 is 41.3 Å². The normalized spacial score (nSPS) is 21.9. The van der Waals surface area contributed by atoms with Gasteiger partial charge < -0.3 is 15.8 Å². The first-order chi connectivity index (χ1) is 11.3. The van der Waals surface area contributed by atoms with Crippen molar-refractivity contribution in [3.05, 3.63) is 22.4 Å². The van der Waals surface area contributed by atoms with Crippen molar-refractivity contribution in [1.29, 1.82) is 0 Å². The maximum atomic E-state index is 6.13. The number of ether oxygens (including phenoxy) is 1. The lowest BCUT2D eigenvalue weighted by atomic mass is 9.96. The number of nitrogens with one attached hydrogen (secondary N) is 1. The molecule has 136 valence electrons. The minimum atomic E-state index is 0. The van der Waals surface area contributed by atoms with E-state index in [0.29, 0.717) is 24.6 Å². The van der Waals surface area contributed by atoms with Crippen LogP contribution in [0.5, 0.6) is 0 Å². The van der Waals surface area contributed by atoms with Crippen molar-refractivity contribution in [2.45, 2.75) is 44.2 Å². The molecule has 1 aliphatic carbocycles. The van der Waals surface area contributed by atoms with Crippen LogP contribution in [0.4, 0.5) is 0 Å². The molecule has 0 radical (unpaired) electrons. The first-order valence-electron chi connectivity index (χ1n) is 8.74. The summed E-state index contributed by atoms with van der Waals surface area (Å²) in [5.74, 6) is 0.603. The monoisotopic (exact) mass is 464 g/mol. The molecule has 1 aliphatic heterocycles. The van der Waals surface area contributed by atoms with E-state index in [0.717, 1.165) is 26.3 Å². The number of morpholine rings is 1. The van der Waals surface area contributed by atoms with Gasteiger partial charge in [0, 0.05) is 24.0 Å². The van der Waals surface area contributed by atoms with Gasteiger partial charge in [0.1, 0.15) is 0 Å². The van der Waals surface area contributed by atoms with E-state index in [1.54, 1.807) is 11.3 Å². The highest BCUT2D eigenvalue weighted by molar-refractivity contribution is 14.0. The molecule has 2 fully saturated rings. The highest BCUT2D eigenvalue weighted by Crippen LogP contribution is 2.26. The molecular weight excluding hydrogens is 435 g/mol. The summed E-state index contributed by atoms with van der Waals surface area (Å²) >= 11 is 1.80. The van der Waals surface area contributed by atoms with Gasteiger partial charge in [-0.05, 0) is 24.3 Å². The molecule has 0 amide bonds. The van der Waals surface area contributed by atoms with Crippen molar-refractivity contribution < 1.29 is 4.74 Å². The Morgan fingerprint density at radius 2 is 2.08 bits per heavy atom. The zero-order valence-corrected chi connectivity index (χ0v) is 17.3. The molecule has 1 aromatic rings. The van der Waals surface area contributed by atoms with Crippen LogP contribution in [-0.4, -0.2) is 49.7 Å². The Kier molecular flexibility index (Phi) is 8.79. The SMILES string of the molecule is I.NC(=NCC(c1cccs1)N1CCOCC1)NC1CCCCC1. The highest BCUT2D eigenvalue weighted by atomic mass is 127. The number of guanidine groups is 1. The second kappa shape index (κ2) is 10.6. The largest absolute Gasteiger partial charge is 0.379 e. The van der Waals surface area contributed by atoms with Gasteiger partial charge in [0.25, 0.3) is 0 Å². The number of aliphatic imine (C=N–C) groups is 1. The van der Waals surface area contributed by atoms with Gasteiger partial charge in [-0.25, -0.2) is 0 Å². The van der Waals surface area contributed by atoms with E-state index < -0.39 is 0 Å². The fourth-order valence-electron chi connectivity index (χ4n) is 3.44. The molecule has 2 heterocycles. The maximum Gasteiger partial charge on any atom is 0.188 e. The lowest BCUT2D eigenvalue weighted by Crippen LogP contribution is -2.43. The molecule has 1 saturated carbocycles. The van der Waals surface area contributed by atoms with Crippen molar-refractivity contribution in [3.8, 4) is 0 Å². The standard InChI is InChI=1S/C17H28N4OS.HI/c18-17(20-14-5-2-1-3-6-14)19-13-15(16-7-4-12-23-16)21-8-10-22-11-9-21;/h4,7,12,14-15H,1-3,5-6,8-11,13H2,(H3,18,19,20);1H. The Morgan fingerprint density at radius 3 is 2.75 bits per heavy atom. The molecule has 1 aromatic heterocycles. The number of hydrogen-bond donors (Lipinski definition) is 2. The van der Waals surface area contributed by atoms with Crippen LogP contribution in [0.2, 0.25) is 0 Å². The van der Waals surface area contributed by atoms with Crippen LogP contribution in [0.25, 0.3) is 0 Å². The Balaban J connectivity index is 0.00000208. The van der Waals surface area contributed by atoms with E-state index in [9.17, 15) is 0 Å². The minimum Gasteiger partial charge on any atom is -0.379 e. The van der Waals surface area contributed by atoms with Crippen LogP contribution in [-0.2, 0) is 4.74 Å². The third kappa shape index (κ3) is 5.86. The molecule has 3 N–H and O–H groups in total. The molecular formula is C17H29IN4OS. The predicted octanol–water partition coefficient (Wildman–Crippen LogP) is 2.98. The van der Waals surface area contributed by atoms with Gasteiger partial charge >= 0.3 is 0 Å². The molecule has 0 spiro atoms. The van der Waals surface area contributed by atoms with Gasteiger partial charge in [-0.15, -0.1) is 35.3 Å². The van der Waals surface area contributed by atoms with Crippen LogP contribution in [0.1, 0.15) is 43.0 Å². The summed E-state index contributed by atoms with van der Waals surface area (Å²) in [6.07, 6.45) is 6.39. The van der Waals surface area contributed by atoms with E-state index in [1.165, 1.54) is 37.0 Å². The fourth-order valence-corrected chi connectivity index (χ4v) is 4.29. The number of nitrogens with zero attached hydrogens (tertiary/aromatic N) is 2. The van der Waals surface area contributed by atoms with Crippen LogP contribution < -0.4 is 11.1 Å². The molecule has 0 bridgehead atoms. The number of nitrogens with two attached hydrogens (primary N) is 1. The van der Waals surface area contributed by atoms with E-state index in [4.69, 9.17) is 10.5 Å². The molecule has 1 saturated heterocycles. The molecule has 5 nitrogen and oxygen atoms in total. The molecule has 1 atom stereocenters. The number of rotatable bonds is 5. The summed E-state index contributed by atoms with van der Waals surface area (Å²) in [4.78, 5) is 8.48. The molecule has 0 aromatic carbocycles. The molecule has 7 heteroatoms. The van der Waals surface area contributed by atoms with E-state index in [-0.39, 0.29) is 24.0 Å². The van der Waals surface area contributed by atoms with Crippen molar-refractivity contribution in [2.24, 2.45) is 10.7 Å². The van der Waals surface area contributed by atoms with E-state index >= 15 is 0 Å². The molecule has 2 aliphatic rings. The van der Waals surface area contributed by atoms with Gasteiger partial charge in [-0.3, -0.25) is 9.89 Å². The van der Waals surface area contributed by atoms with Crippen molar-refractivity contribution in [2.75, 3.05) is 32.8 Å². The second-order valence-electron chi connectivity index (χ2n) is 6.38. The van der Waals surface area contributed by atoms with E-state index in [2.05, 4.69) is 32.7 Å². The van der Waals surface area contributed by atoms with Crippen LogP contribution in [0.3, 0.4) is 0 Å². The summed E-state index contributed by atoms with van der Waals surface area (Å²) in [6.45, 7) is 4.26. The maximum absolute atomic E-state index is 6.13. The second-order valence-corrected chi connectivity index (χ2v) is 7.36. The average molecular weight is 464 g/mol. The fraction of sp³-hybridized carbons (Fsp3) is 0.706. The van der Waals surface area contributed by atoms with E-state index in [1.807, 2.05) is 0 Å². The lowest BCUT2D eigenvalue weighted by molar-refractivity contribution is 0.0186. The number of hydrogen-bond acceptors (Lipinski definition) is 4. The number of thiophene rings is 1. The quantitative estimate of drug-likeness (QED) is 0.400.